The molecule has 0 spiro atoms. The van der Waals surface area contributed by atoms with E-state index in [1.807, 2.05) is 5.43 Å². The van der Waals surface area contributed by atoms with Crippen molar-refractivity contribution in [3.63, 3.8) is 0 Å². The van der Waals surface area contributed by atoms with Gasteiger partial charge in [0.1, 0.15) is 10.3 Å². The number of amides is 3. The molecule has 3 N–H and O–H groups in total. The average Bonchev–Trinajstić information content (AvgIpc) is 3.15. The number of nitrogens with zero attached hydrogens (tertiary/aromatic N) is 3. The number of methoxy groups -OCH3 is 1. The lowest BCUT2D eigenvalue weighted by Crippen LogP contribution is -2.41. The Morgan fingerprint density at radius 2 is 1.81 bits per heavy atom. The van der Waals surface area contributed by atoms with Gasteiger partial charge in [0.05, 0.1) is 28.4 Å². The van der Waals surface area contributed by atoms with Gasteiger partial charge in [0.2, 0.25) is 0 Å². The number of anilines is 1. The minimum Gasteiger partial charge on any atom is -0.452 e. The van der Waals surface area contributed by atoms with Gasteiger partial charge in [-0.1, -0.05) is 34.8 Å². The largest absolute Gasteiger partial charge is 0.452 e. The molecule has 3 aromatic rings. The molecule has 14 heteroatoms. The highest BCUT2D eigenvalue weighted by Crippen LogP contribution is 2.31. The van der Waals surface area contributed by atoms with E-state index >= 15 is 0 Å². The van der Waals surface area contributed by atoms with E-state index in [0.29, 0.717) is 4.60 Å². The smallest absolute Gasteiger partial charge is 0.425 e. The molecule has 2 aromatic heterocycles. The Kier molecular flexibility index (Phi) is 7.56. The van der Waals surface area contributed by atoms with Gasteiger partial charge in [-0.25, -0.2) is 19.9 Å². The maximum absolute atomic E-state index is 13.1. The van der Waals surface area contributed by atoms with Crippen LogP contribution in [-0.4, -0.2) is 39.8 Å². The minimum atomic E-state index is -0.905. The van der Waals surface area contributed by atoms with Gasteiger partial charge in [0.15, 0.2) is 5.82 Å². The van der Waals surface area contributed by atoms with Crippen molar-refractivity contribution in [3.05, 3.63) is 67.5 Å². The Bertz CT molecular complexity index is 1220. The molecule has 0 bridgehead atoms. The molecule has 0 aliphatic heterocycles. The molecule has 0 aliphatic carbocycles. The number of rotatable bonds is 4. The van der Waals surface area contributed by atoms with Crippen LogP contribution in [0, 0.1) is 0 Å². The predicted molar refractivity (Wildman–Crippen MR) is 121 cm³/mol. The molecule has 2 heterocycles. The van der Waals surface area contributed by atoms with E-state index in [1.165, 1.54) is 29.1 Å². The second-order valence-corrected chi connectivity index (χ2v) is 7.97. The van der Waals surface area contributed by atoms with Gasteiger partial charge < -0.3 is 10.1 Å². The fourth-order valence-corrected chi connectivity index (χ4v) is 3.61. The van der Waals surface area contributed by atoms with Crippen LogP contribution < -0.4 is 16.2 Å². The maximum atomic E-state index is 13.1. The van der Waals surface area contributed by atoms with Crippen molar-refractivity contribution in [2.24, 2.45) is 0 Å². The Balaban J connectivity index is 1.96. The first-order valence-electron chi connectivity index (χ1n) is 8.52. The molecule has 32 heavy (non-hydrogen) atoms. The Morgan fingerprint density at radius 3 is 2.50 bits per heavy atom. The van der Waals surface area contributed by atoms with Crippen LogP contribution in [-0.2, 0) is 4.74 Å². The van der Waals surface area contributed by atoms with Crippen LogP contribution in [0.4, 0.5) is 10.5 Å². The quantitative estimate of drug-likeness (QED) is 0.408. The van der Waals surface area contributed by atoms with E-state index in [0.717, 1.165) is 7.11 Å². The predicted octanol–water partition coefficient (Wildman–Crippen LogP) is 4.24. The van der Waals surface area contributed by atoms with Crippen LogP contribution in [0.15, 0.2) is 41.1 Å². The fraction of sp³-hybridized carbons (Fsp3) is 0.0556. The van der Waals surface area contributed by atoms with Crippen LogP contribution >= 0.6 is 50.7 Å². The van der Waals surface area contributed by atoms with E-state index in [2.05, 4.69) is 41.5 Å². The molecule has 1 aromatic carbocycles. The zero-order chi connectivity index (χ0) is 23.4. The lowest BCUT2D eigenvalue weighted by molar-refractivity contribution is 0.0921. The zero-order valence-corrected chi connectivity index (χ0v) is 19.8. The van der Waals surface area contributed by atoms with Gasteiger partial charge in [-0.2, -0.15) is 5.10 Å². The molecule has 0 unspecified atom stereocenters. The third kappa shape index (κ3) is 5.30. The number of halogens is 4. The number of benzene rings is 1. The van der Waals surface area contributed by atoms with Crippen molar-refractivity contribution >= 4 is 74.3 Å². The van der Waals surface area contributed by atoms with Crippen LogP contribution in [0.3, 0.4) is 0 Å². The SMILES string of the molecule is COC(=O)NNC(=O)c1cc(Cl)cc(Cl)c1NC(=O)c1cc(Br)nn1-c1ncccc1Cl. The van der Waals surface area contributed by atoms with Crippen LogP contribution in [0.5, 0.6) is 0 Å². The maximum Gasteiger partial charge on any atom is 0.425 e. The molecule has 166 valence electrons. The normalized spacial score (nSPS) is 10.4. The first-order valence-corrected chi connectivity index (χ1v) is 10.4. The molecular weight excluding hydrogens is 550 g/mol. The number of hydrogen-bond acceptors (Lipinski definition) is 6. The third-order valence-corrected chi connectivity index (χ3v) is 5.05. The number of hydrogen-bond donors (Lipinski definition) is 3. The standard InChI is InChI=1S/C18H12BrCl3N6O4/c1-32-18(31)26-25-16(29)9-5-8(20)6-11(22)14(9)24-17(30)12-7-13(19)27-28(12)15-10(21)3-2-4-23-15/h2-7H,1H3,(H,24,30)(H,25,29)(H,26,31). The number of pyridine rings is 1. The lowest BCUT2D eigenvalue weighted by Gasteiger charge is -2.14. The second kappa shape index (κ2) is 10.2. The van der Waals surface area contributed by atoms with Crippen molar-refractivity contribution in [1.82, 2.24) is 25.6 Å². The summed E-state index contributed by atoms with van der Waals surface area (Å²) in [6, 6.07) is 7.26. The van der Waals surface area contributed by atoms with Gasteiger partial charge in [-0.15, -0.1) is 0 Å². The fourth-order valence-electron chi connectivity index (χ4n) is 2.49. The summed E-state index contributed by atoms with van der Waals surface area (Å²) in [4.78, 5) is 41.0. The monoisotopic (exact) mass is 560 g/mol. The van der Waals surface area contributed by atoms with Gasteiger partial charge in [0, 0.05) is 17.3 Å². The number of nitrogens with one attached hydrogen (secondary N) is 3. The first kappa shape index (κ1) is 23.8. The number of ether oxygens (including phenoxy) is 1. The van der Waals surface area contributed by atoms with Crippen molar-refractivity contribution in [1.29, 1.82) is 0 Å². The van der Waals surface area contributed by atoms with E-state index < -0.39 is 17.9 Å². The molecule has 0 aliphatic rings. The van der Waals surface area contributed by atoms with Crippen molar-refractivity contribution < 1.29 is 19.1 Å². The number of aromatic nitrogens is 3. The summed E-state index contributed by atoms with van der Waals surface area (Å²) in [7, 11) is 1.12. The van der Waals surface area contributed by atoms with Crippen LogP contribution in [0.1, 0.15) is 20.8 Å². The molecule has 0 saturated heterocycles. The molecule has 0 fully saturated rings. The molecular formula is C18H12BrCl3N6O4. The topological polar surface area (TPSA) is 127 Å². The summed E-state index contributed by atoms with van der Waals surface area (Å²) < 4.78 is 5.95. The zero-order valence-electron chi connectivity index (χ0n) is 16.0. The highest BCUT2D eigenvalue weighted by Gasteiger charge is 2.23. The van der Waals surface area contributed by atoms with Gasteiger partial charge in [-0.3, -0.25) is 15.0 Å². The second-order valence-electron chi connectivity index (χ2n) is 5.91. The Morgan fingerprint density at radius 1 is 1.06 bits per heavy atom. The van der Waals surface area contributed by atoms with E-state index in [9.17, 15) is 14.4 Å². The summed E-state index contributed by atoms with van der Waals surface area (Å²) in [5.41, 5.74) is 4.01. The third-order valence-electron chi connectivity index (χ3n) is 3.85. The number of carbonyl (C=O) groups is 3. The van der Waals surface area contributed by atoms with Crippen LogP contribution in [0.2, 0.25) is 15.1 Å². The molecule has 3 amide bonds. The van der Waals surface area contributed by atoms with E-state index in [4.69, 9.17) is 34.8 Å². The molecule has 0 atom stereocenters. The minimum absolute atomic E-state index is 0.0185. The first-order chi connectivity index (χ1) is 15.2. The molecule has 0 radical (unpaired) electrons. The summed E-state index contributed by atoms with van der Waals surface area (Å²) in [6.07, 6.45) is 0.587. The lowest BCUT2D eigenvalue weighted by atomic mass is 10.1. The number of hydrazine groups is 1. The van der Waals surface area contributed by atoms with Crippen molar-refractivity contribution in [2.75, 3.05) is 12.4 Å². The molecule has 0 saturated carbocycles. The average molecular weight is 563 g/mol. The highest BCUT2D eigenvalue weighted by atomic mass is 79.9. The van der Waals surface area contributed by atoms with Crippen molar-refractivity contribution in [3.8, 4) is 5.82 Å². The van der Waals surface area contributed by atoms with Gasteiger partial charge in [-0.05, 0) is 40.2 Å². The Labute approximate surface area is 204 Å². The molecule has 3 rings (SSSR count). The van der Waals surface area contributed by atoms with Crippen molar-refractivity contribution in [2.45, 2.75) is 0 Å². The highest BCUT2D eigenvalue weighted by molar-refractivity contribution is 9.10. The summed E-state index contributed by atoms with van der Waals surface area (Å²) in [5, 5.41) is 7.12. The van der Waals surface area contributed by atoms with E-state index in [-0.39, 0.29) is 37.8 Å². The molecule has 10 nitrogen and oxygen atoms in total. The Hall–Kier alpha value is -2.86. The summed E-state index contributed by atoms with van der Waals surface area (Å²) in [6.45, 7) is 0. The van der Waals surface area contributed by atoms with Crippen LogP contribution in [0.25, 0.3) is 5.82 Å². The van der Waals surface area contributed by atoms with Gasteiger partial charge in [0.25, 0.3) is 11.8 Å². The van der Waals surface area contributed by atoms with Gasteiger partial charge >= 0.3 is 6.09 Å². The summed E-state index contributed by atoms with van der Waals surface area (Å²) >= 11 is 21.6. The number of carbonyl (C=O) groups excluding carboxylic acids is 3. The van der Waals surface area contributed by atoms with E-state index in [1.54, 1.807) is 12.1 Å². The summed E-state index contributed by atoms with van der Waals surface area (Å²) in [5.74, 6) is -1.27.